The second kappa shape index (κ2) is 7.51. The minimum atomic E-state index is 0. The van der Waals surface area contributed by atoms with Gasteiger partial charge >= 0.3 is 0 Å². The molecule has 0 aliphatic carbocycles. The Kier molecular flexibility index (Phi) is 6.32. The molecular formula is C15H23ClN2O. The Morgan fingerprint density at radius 3 is 2.63 bits per heavy atom. The van der Waals surface area contributed by atoms with Gasteiger partial charge in [0.25, 0.3) is 0 Å². The molecule has 0 saturated carbocycles. The molecule has 2 N–H and O–H groups in total. The third kappa shape index (κ3) is 4.22. The van der Waals surface area contributed by atoms with Crippen molar-refractivity contribution in [1.29, 1.82) is 0 Å². The Bertz CT molecular complexity index is 408. The number of nitrogens with one attached hydrogen (secondary N) is 2. The summed E-state index contributed by atoms with van der Waals surface area (Å²) in [7, 11) is 0. The van der Waals surface area contributed by atoms with E-state index in [4.69, 9.17) is 0 Å². The van der Waals surface area contributed by atoms with E-state index in [0.717, 1.165) is 32.4 Å². The molecule has 2 rings (SSSR count). The van der Waals surface area contributed by atoms with Gasteiger partial charge in [0, 0.05) is 6.54 Å². The molecule has 0 spiro atoms. The summed E-state index contributed by atoms with van der Waals surface area (Å²) in [6, 6.07) is 6.36. The van der Waals surface area contributed by atoms with Crippen LogP contribution in [0.3, 0.4) is 0 Å². The van der Waals surface area contributed by atoms with E-state index in [1.165, 1.54) is 16.7 Å². The molecule has 1 fully saturated rings. The largest absolute Gasteiger partial charge is 0.354 e. The summed E-state index contributed by atoms with van der Waals surface area (Å²) in [5.74, 6) is 0.152. The molecule has 0 radical (unpaired) electrons. The first-order valence-electron chi connectivity index (χ1n) is 6.74. The molecule has 1 aromatic rings. The first kappa shape index (κ1) is 16.0. The molecule has 0 bridgehead atoms. The zero-order chi connectivity index (χ0) is 13.0. The predicted molar refractivity (Wildman–Crippen MR) is 80.9 cm³/mol. The smallest absolute Gasteiger partial charge is 0.237 e. The van der Waals surface area contributed by atoms with E-state index in [9.17, 15) is 4.79 Å². The van der Waals surface area contributed by atoms with Crippen LogP contribution < -0.4 is 10.6 Å². The standard InChI is InChI=1S/C15H22N2O.ClH/c1-11-5-3-6-12(2)13(11)8-10-17-15(18)14-7-4-9-16-14;/h3,5-6,14,16H,4,7-10H2,1-2H3,(H,17,18);1H. The van der Waals surface area contributed by atoms with Gasteiger partial charge in [-0.25, -0.2) is 0 Å². The first-order chi connectivity index (χ1) is 8.68. The normalized spacial score (nSPS) is 17.9. The van der Waals surface area contributed by atoms with Gasteiger partial charge in [-0.1, -0.05) is 18.2 Å². The van der Waals surface area contributed by atoms with Crippen molar-refractivity contribution in [2.24, 2.45) is 0 Å². The Balaban J connectivity index is 0.00000180. The van der Waals surface area contributed by atoms with Crippen LogP contribution in [0.5, 0.6) is 0 Å². The van der Waals surface area contributed by atoms with Gasteiger partial charge in [-0.3, -0.25) is 4.79 Å². The quantitative estimate of drug-likeness (QED) is 0.888. The number of carbonyl (C=O) groups excluding carboxylic acids is 1. The van der Waals surface area contributed by atoms with E-state index in [-0.39, 0.29) is 24.4 Å². The average molecular weight is 283 g/mol. The van der Waals surface area contributed by atoms with Gasteiger partial charge in [-0.15, -0.1) is 12.4 Å². The lowest BCUT2D eigenvalue weighted by Crippen LogP contribution is -2.41. The monoisotopic (exact) mass is 282 g/mol. The predicted octanol–water partition coefficient (Wildman–Crippen LogP) is 2.14. The molecule has 1 aliphatic rings. The molecule has 1 unspecified atom stereocenters. The number of benzene rings is 1. The lowest BCUT2D eigenvalue weighted by atomic mass is 10.0. The fourth-order valence-corrected chi connectivity index (χ4v) is 2.59. The lowest BCUT2D eigenvalue weighted by molar-refractivity contribution is -0.122. The number of carbonyl (C=O) groups is 1. The number of hydrogen-bond acceptors (Lipinski definition) is 2. The van der Waals surface area contributed by atoms with Gasteiger partial charge in [0.15, 0.2) is 0 Å². The maximum absolute atomic E-state index is 11.8. The summed E-state index contributed by atoms with van der Waals surface area (Å²) in [5.41, 5.74) is 3.98. The molecule has 3 nitrogen and oxygen atoms in total. The fourth-order valence-electron chi connectivity index (χ4n) is 2.59. The average Bonchev–Trinajstić information content (AvgIpc) is 2.86. The summed E-state index contributed by atoms with van der Waals surface area (Å²) < 4.78 is 0. The number of rotatable bonds is 4. The maximum atomic E-state index is 11.8. The SMILES string of the molecule is Cc1cccc(C)c1CCNC(=O)C1CCCN1.Cl. The highest BCUT2D eigenvalue weighted by molar-refractivity contribution is 5.85. The third-order valence-corrected chi connectivity index (χ3v) is 3.70. The summed E-state index contributed by atoms with van der Waals surface area (Å²) in [4.78, 5) is 11.8. The van der Waals surface area contributed by atoms with Crippen molar-refractivity contribution in [3.63, 3.8) is 0 Å². The topological polar surface area (TPSA) is 41.1 Å². The van der Waals surface area contributed by atoms with E-state index in [1.807, 2.05) is 0 Å². The molecule has 106 valence electrons. The molecule has 1 aliphatic heterocycles. The molecule has 4 heteroatoms. The van der Waals surface area contributed by atoms with E-state index in [1.54, 1.807) is 0 Å². The molecule has 1 heterocycles. The van der Waals surface area contributed by atoms with Crippen LogP contribution in [0, 0.1) is 13.8 Å². The van der Waals surface area contributed by atoms with Gasteiger partial charge in [0.2, 0.25) is 5.91 Å². The van der Waals surface area contributed by atoms with E-state index in [0.29, 0.717) is 0 Å². The molecule has 1 saturated heterocycles. The third-order valence-electron chi connectivity index (χ3n) is 3.70. The first-order valence-corrected chi connectivity index (χ1v) is 6.74. The minimum Gasteiger partial charge on any atom is -0.354 e. The highest BCUT2D eigenvalue weighted by atomic mass is 35.5. The number of hydrogen-bond donors (Lipinski definition) is 2. The highest BCUT2D eigenvalue weighted by Crippen LogP contribution is 2.13. The van der Waals surface area contributed by atoms with Crippen LogP contribution in [0.1, 0.15) is 29.5 Å². The van der Waals surface area contributed by atoms with Gasteiger partial charge < -0.3 is 10.6 Å². The molecule has 1 atom stereocenters. The van der Waals surface area contributed by atoms with Crippen LogP contribution in [0.15, 0.2) is 18.2 Å². The van der Waals surface area contributed by atoms with Crippen molar-refractivity contribution in [2.45, 2.75) is 39.2 Å². The fraction of sp³-hybridized carbons (Fsp3) is 0.533. The Hall–Kier alpha value is -1.06. The van der Waals surface area contributed by atoms with Crippen LogP contribution in [0.2, 0.25) is 0 Å². The Morgan fingerprint density at radius 1 is 1.37 bits per heavy atom. The van der Waals surface area contributed by atoms with Crippen LogP contribution >= 0.6 is 12.4 Å². The van der Waals surface area contributed by atoms with Crippen LogP contribution in [-0.4, -0.2) is 25.0 Å². The Labute approximate surface area is 121 Å². The number of aryl methyl sites for hydroxylation is 2. The zero-order valence-corrected chi connectivity index (χ0v) is 12.5. The second-order valence-electron chi connectivity index (χ2n) is 5.06. The van der Waals surface area contributed by atoms with Gasteiger partial charge in [0.05, 0.1) is 6.04 Å². The summed E-state index contributed by atoms with van der Waals surface area (Å²) in [6.45, 7) is 5.95. The molecule has 19 heavy (non-hydrogen) atoms. The van der Waals surface area contributed by atoms with Crippen molar-refractivity contribution in [3.05, 3.63) is 34.9 Å². The highest BCUT2D eigenvalue weighted by Gasteiger charge is 2.21. The summed E-state index contributed by atoms with van der Waals surface area (Å²) >= 11 is 0. The van der Waals surface area contributed by atoms with Crippen LogP contribution in [0.4, 0.5) is 0 Å². The summed E-state index contributed by atoms with van der Waals surface area (Å²) in [6.07, 6.45) is 2.99. The van der Waals surface area contributed by atoms with Crippen LogP contribution in [0.25, 0.3) is 0 Å². The molecule has 1 aromatic carbocycles. The summed E-state index contributed by atoms with van der Waals surface area (Å²) in [5, 5.41) is 6.24. The van der Waals surface area contributed by atoms with Gasteiger partial charge in [-0.05, 0) is 56.3 Å². The van der Waals surface area contributed by atoms with E-state index in [2.05, 4.69) is 42.7 Å². The van der Waals surface area contributed by atoms with E-state index < -0.39 is 0 Å². The van der Waals surface area contributed by atoms with Crippen molar-refractivity contribution >= 4 is 18.3 Å². The Morgan fingerprint density at radius 2 is 2.05 bits per heavy atom. The van der Waals surface area contributed by atoms with Crippen molar-refractivity contribution in [3.8, 4) is 0 Å². The minimum absolute atomic E-state index is 0. The zero-order valence-electron chi connectivity index (χ0n) is 11.7. The van der Waals surface area contributed by atoms with Crippen LogP contribution in [-0.2, 0) is 11.2 Å². The van der Waals surface area contributed by atoms with E-state index >= 15 is 0 Å². The number of amides is 1. The second-order valence-corrected chi connectivity index (χ2v) is 5.06. The van der Waals surface area contributed by atoms with Gasteiger partial charge in [0.1, 0.15) is 0 Å². The molecule has 0 aromatic heterocycles. The molecule has 1 amide bonds. The lowest BCUT2D eigenvalue weighted by Gasteiger charge is -2.13. The molecular weight excluding hydrogens is 260 g/mol. The van der Waals surface area contributed by atoms with Crippen molar-refractivity contribution in [2.75, 3.05) is 13.1 Å². The van der Waals surface area contributed by atoms with Crippen molar-refractivity contribution in [1.82, 2.24) is 10.6 Å². The van der Waals surface area contributed by atoms with Gasteiger partial charge in [-0.2, -0.15) is 0 Å². The maximum Gasteiger partial charge on any atom is 0.237 e. The van der Waals surface area contributed by atoms with Crippen molar-refractivity contribution < 1.29 is 4.79 Å². The number of halogens is 1.